The van der Waals surface area contributed by atoms with Crippen molar-refractivity contribution in [3.05, 3.63) is 29.9 Å². The van der Waals surface area contributed by atoms with Gasteiger partial charge in [0.1, 0.15) is 5.76 Å². The van der Waals surface area contributed by atoms with E-state index >= 15 is 0 Å². The van der Waals surface area contributed by atoms with Gasteiger partial charge in [0, 0.05) is 6.54 Å². The summed E-state index contributed by atoms with van der Waals surface area (Å²) in [6, 6.07) is 3.56. The molecule has 0 fully saturated rings. The van der Waals surface area contributed by atoms with Crippen molar-refractivity contribution < 1.29 is 13.8 Å². The van der Waals surface area contributed by atoms with Gasteiger partial charge in [-0.05, 0) is 29.4 Å². The quantitative estimate of drug-likeness (QED) is 0.847. The number of amides is 1. The minimum Gasteiger partial charge on any atom is -0.467 e. The van der Waals surface area contributed by atoms with E-state index in [0.717, 1.165) is 0 Å². The summed E-state index contributed by atoms with van der Waals surface area (Å²) in [5.74, 6) is 0.353. The molecule has 2 aromatic heterocycles. The van der Waals surface area contributed by atoms with Gasteiger partial charge < -0.3 is 15.1 Å². The zero-order valence-electron chi connectivity index (χ0n) is 9.29. The van der Waals surface area contributed by atoms with Gasteiger partial charge in [0.25, 0.3) is 5.91 Å². The Hall–Kier alpha value is -2.31. The molecule has 0 aliphatic carbocycles. The second kappa shape index (κ2) is 4.69. The van der Waals surface area contributed by atoms with Crippen LogP contribution in [0.2, 0.25) is 0 Å². The molecule has 0 aromatic carbocycles. The number of hydrogen-bond acceptors (Lipinski definition) is 6. The van der Waals surface area contributed by atoms with Crippen molar-refractivity contribution in [2.75, 3.05) is 12.3 Å². The maximum absolute atomic E-state index is 12.0. The van der Waals surface area contributed by atoms with Crippen LogP contribution in [0.5, 0.6) is 0 Å². The Morgan fingerprint density at radius 1 is 1.53 bits per heavy atom. The van der Waals surface area contributed by atoms with Gasteiger partial charge in [0.15, 0.2) is 0 Å². The fourth-order valence-electron chi connectivity index (χ4n) is 1.41. The highest BCUT2D eigenvalue weighted by Gasteiger charge is 2.22. The molecular formula is C10H12N4O3. The van der Waals surface area contributed by atoms with Crippen LogP contribution in [0.15, 0.2) is 27.4 Å². The molecule has 17 heavy (non-hydrogen) atoms. The molecule has 0 unspecified atom stereocenters. The third-order valence-electron chi connectivity index (χ3n) is 2.31. The van der Waals surface area contributed by atoms with Crippen molar-refractivity contribution in [1.29, 1.82) is 0 Å². The first kappa shape index (κ1) is 11.2. The molecule has 1 amide bonds. The number of nitrogen functional groups attached to an aromatic ring is 1. The van der Waals surface area contributed by atoms with Gasteiger partial charge in [0.2, 0.25) is 11.5 Å². The van der Waals surface area contributed by atoms with Crippen LogP contribution in [-0.2, 0) is 6.54 Å². The van der Waals surface area contributed by atoms with E-state index in [1.54, 1.807) is 18.4 Å². The third kappa shape index (κ3) is 2.27. The zero-order valence-corrected chi connectivity index (χ0v) is 9.29. The SMILES string of the molecule is CCN(Cc1ccco1)C(=O)c1nonc1N. The molecule has 2 aromatic rings. The minimum absolute atomic E-state index is 0.00658. The van der Waals surface area contributed by atoms with Crippen LogP contribution in [0.25, 0.3) is 0 Å². The first-order valence-corrected chi connectivity index (χ1v) is 5.12. The molecule has 7 heteroatoms. The molecule has 0 bridgehead atoms. The summed E-state index contributed by atoms with van der Waals surface area (Å²) >= 11 is 0. The van der Waals surface area contributed by atoms with Crippen LogP contribution < -0.4 is 5.73 Å². The lowest BCUT2D eigenvalue weighted by molar-refractivity contribution is 0.0731. The van der Waals surface area contributed by atoms with Crippen molar-refractivity contribution in [3.63, 3.8) is 0 Å². The molecule has 0 radical (unpaired) electrons. The number of anilines is 1. The Balaban J connectivity index is 2.14. The average molecular weight is 236 g/mol. The Morgan fingerprint density at radius 2 is 2.35 bits per heavy atom. The summed E-state index contributed by atoms with van der Waals surface area (Å²) in [7, 11) is 0. The minimum atomic E-state index is -0.331. The smallest absolute Gasteiger partial charge is 0.280 e. The number of nitrogens with two attached hydrogens (primary N) is 1. The Bertz CT molecular complexity index is 491. The summed E-state index contributed by atoms with van der Waals surface area (Å²) < 4.78 is 9.58. The Kier molecular flexibility index (Phi) is 3.08. The molecule has 0 saturated carbocycles. The van der Waals surface area contributed by atoms with Gasteiger partial charge in [-0.3, -0.25) is 4.79 Å². The predicted molar refractivity (Wildman–Crippen MR) is 57.8 cm³/mol. The van der Waals surface area contributed by atoms with Crippen molar-refractivity contribution >= 4 is 11.7 Å². The first-order valence-electron chi connectivity index (χ1n) is 5.12. The summed E-state index contributed by atoms with van der Waals surface area (Å²) in [6.07, 6.45) is 1.56. The van der Waals surface area contributed by atoms with Crippen LogP contribution in [0, 0.1) is 0 Å². The Morgan fingerprint density at radius 3 is 2.88 bits per heavy atom. The summed E-state index contributed by atoms with van der Waals surface area (Å²) in [5.41, 5.74) is 5.50. The highest BCUT2D eigenvalue weighted by atomic mass is 16.6. The van der Waals surface area contributed by atoms with Crippen LogP contribution in [0.1, 0.15) is 23.2 Å². The maximum atomic E-state index is 12.0. The summed E-state index contributed by atoms with van der Waals surface area (Å²) in [6.45, 7) is 2.71. The van der Waals surface area contributed by atoms with Crippen molar-refractivity contribution in [2.45, 2.75) is 13.5 Å². The fourth-order valence-corrected chi connectivity index (χ4v) is 1.41. The lowest BCUT2D eigenvalue weighted by atomic mass is 10.3. The van der Waals surface area contributed by atoms with E-state index < -0.39 is 0 Å². The summed E-state index contributed by atoms with van der Waals surface area (Å²) in [5, 5.41) is 6.85. The normalized spacial score (nSPS) is 10.4. The molecule has 0 atom stereocenters. The van der Waals surface area contributed by atoms with Crippen molar-refractivity contribution in [3.8, 4) is 0 Å². The molecule has 0 aliphatic rings. The molecular weight excluding hydrogens is 224 g/mol. The number of nitrogens with zero attached hydrogens (tertiary/aromatic N) is 3. The van der Waals surface area contributed by atoms with E-state index in [9.17, 15) is 4.79 Å². The molecule has 0 aliphatic heterocycles. The number of hydrogen-bond donors (Lipinski definition) is 1. The third-order valence-corrected chi connectivity index (χ3v) is 2.31. The largest absolute Gasteiger partial charge is 0.467 e. The molecule has 0 saturated heterocycles. The molecule has 7 nitrogen and oxygen atoms in total. The van der Waals surface area contributed by atoms with Crippen LogP contribution in [-0.4, -0.2) is 27.7 Å². The van der Waals surface area contributed by atoms with Gasteiger partial charge in [-0.15, -0.1) is 0 Å². The lowest BCUT2D eigenvalue weighted by Gasteiger charge is -2.17. The zero-order chi connectivity index (χ0) is 12.3. The average Bonchev–Trinajstić information content (AvgIpc) is 2.96. The molecule has 2 rings (SSSR count). The van der Waals surface area contributed by atoms with Gasteiger partial charge in [-0.1, -0.05) is 0 Å². The monoisotopic (exact) mass is 236 g/mol. The predicted octanol–water partition coefficient (Wildman–Crippen LogP) is 0.907. The summed E-state index contributed by atoms with van der Waals surface area (Å²) in [4.78, 5) is 13.6. The van der Waals surface area contributed by atoms with E-state index in [1.807, 2.05) is 6.92 Å². The highest BCUT2D eigenvalue weighted by Crippen LogP contribution is 2.12. The number of aromatic nitrogens is 2. The number of furan rings is 1. The maximum Gasteiger partial charge on any atom is 0.280 e. The van der Waals surface area contributed by atoms with Gasteiger partial charge in [-0.2, -0.15) is 0 Å². The standard InChI is InChI=1S/C10H12N4O3/c1-2-14(6-7-4-3-5-16-7)10(15)8-9(11)13-17-12-8/h3-5H,2,6H2,1H3,(H2,11,13). The highest BCUT2D eigenvalue weighted by molar-refractivity contribution is 5.95. The van der Waals surface area contributed by atoms with E-state index in [1.165, 1.54) is 4.90 Å². The molecule has 90 valence electrons. The Labute approximate surface area is 97.1 Å². The van der Waals surface area contributed by atoms with E-state index in [4.69, 9.17) is 10.2 Å². The van der Waals surface area contributed by atoms with Crippen LogP contribution >= 0.6 is 0 Å². The molecule has 2 N–H and O–H groups in total. The van der Waals surface area contributed by atoms with Gasteiger partial charge >= 0.3 is 0 Å². The fraction of sp³-hybridized carbons (Fsp3) is 0.300. The number of rotatable bonds is 4. The molecule has 2 heterocycles. The van der Waals surface area contributed by atoms with E-state index in [0.29, 0.717) is 18.8 Å². The van der Waals surface area contributed by atoms with Crippen LogP contribution in [0.3, 0.4) is 0 Å². The van der Waals surface area contributed by atoms with E-state index in [2.05, 4.69) is 14.9 Å². The topological polar surface area (TPSA) is 98.4 Å². The van der Waals surface area contributed by atoms with Gasteiger partial charge in [-0.25, -0.2) is 4.63 Å². The molecule has 0 spiro atoms. The van der Waals surface area contributed by atoms with Gasteiger partial charge in [0.05, 0.1) is 12.8 Å². The number of carbonyl (C=O) groups is 1. The van der Waals surface area contributed by atoms with Crippen molar-refractivity contribution in [2.24, 2.45) is 0 Å². The van der Waals surface area contributed by atoms with E-state index in [-0.39, 0.29) is 17.4 Å². The first-order chi connectivity index (χ1) is 8.22. The van der Waals surface area contributed by atoms with Crippen LogP contribution in [0.4, 0.5) is 5.82 Å². The second-order valence-electron chi connectivity index (χ2n) is 3.40. The number of carbonyl (C=O) groups excluding carboxylic acids is 1. The lowest BCUT2D eigenvalue weighted by Crippen LogP contribution is -2.31. The van der Waals surface area contributed by atoms with Crippen molar-refractivity contribution in [1.82, 2.24) is 15.2 Å². The second-order valence-corrected chi connectivity index (χ2v) is 3.40.